The lowest BCUT2D eigenvalue weighted by Gasteiger charge is -2.23. The first-order valence-corrected chi connectivity index (χ1v) is 10.4. The van der Waals surface area contributed by atoms with E-state index in [0.29, 0.717) is 34.4 Å². The smallest absolute Gasteiger partial charge is 0.245 e. The fourth-order valence-electron chi connectivity index (χ4n) is 2.79. The molecule has 0 radical (unpaired) electrons. The largest absolute Gasteiger partial charge is 0.493 e. The van der Waals surface area contributed by atoms with E-state index in [1.807, 2.05) is 0 Å². The van der Waals surface area contributed by atoms with Crippen molar-refractivity contribution < 1.29 is 32.2 Å². The van der Waals surface area contributed by atoms with E-state index in [0.717, 1.165) is 4.31 Å². The van der Waals surface area contributed by atoms with Gasteiger partial charge in [-0.3, -0.25) is 9.10 Å². The van der Waals surface area contributed by atoms with Crippen LogP contribution in [0.25, 0.3) is 0 Å². The van der Waals surface area contributed by atoms with Crippen LogP contribution in [0, 0.1) is 0 Å². The first-order chi connectivity index (χ1) is 13.9. The summed E-state index contributed by atoms with van der Waals surface area (Å²) in [5.41, 5.74) is 0.769. The summed E-state index contributed by atoms with van der Waals surface area (Å²) in [5, 5.41) is 2.68. The molecule has 0 fully saturated rings. The minimum atomic E-state index is -3.71. The molecule has 0 saturated carbocycles. The van der Waals surface area contributed by atoms with Gasteiger partial charge in [0.15, 0.2) is 23.0 Å². The summed E-state index contributed by atoms with van der Waals surface area (Å²) in [6.07, 6.45) is 0. The van der Waals surface area contributed by atoms with Crippen LogP contribution in [-0.2, 0) is 14.8 Å². The number of benzene rings is 2. The number of fused-ring (bicyclic) bond motifs is 1. The van der Waals surface area contributed by atoms with E-state index < -0.39 is 22.5 Å². The fourth-order valence-corrected chi connectivity index (χ4v) is 3.85. The van der Waals surface area contributed by atoms with Crippen LogP contribution in [0.4, 0.5) is 11.4 Å². The zero-order valence-electron chi connectivity index (χ0n) is 16.3. The summed E-state index contributed by atoms with van der Waals surface area (Å²) in [6, 6.07) is 9.60. The molecule has 1 aliphatic heterocycles. The highest BCUT2D eigenvalue weighted by molar-refractivity contribution is 7.92. The summed E-state index contributed by atoms with van der Waals surface area (Å²) in [6.45, 7) is 1.19. The van der Waals surface area contributed by atoms with Crippen molar-refractivity contribution in [1.29, 1.82) is 0 Å². The van der Waals surface area contributed by atoms with Gasteiger partial charge in [0.05, 0.1) is 25.7 Å². The third kappa shape index (κ3) is 4.48. The zero-order chi connectivity index (χ0) is 21.0. The first-order valence-electron chi connectivity index (χ1n) is 8.80. The molecule has 0 aromatic heterocycles. The van der Waals surface area contributed by atoms with Crippen LogP contribution in [0.2, 0.25) is 0 Å². The Morgan fingerprint density at radius 2 is 1.79 bits per heavy atom. The maximum atomic E-state index is 12.6. The Labute approximate surface area is 169 Å². The van der Waals surface area contributed by atoms with E-state index >= 15 is 0 Å². The monoisotopic (exact) mass is 422 g/mol. The average Bonchev–Trinajstić information content (AvgIpc) is 3.19. The molecule has 1 heterocycles. The second-order valence-electron chi connectivity index (χ2n) is 6.06. The van der Waals surface area contributed by atoms with E-state index in [1.54, 1.807) is 36.4 Å². The number of rotatable bonds is 8. The van der Waals surface area contributed by atoms with Crippen molar-refractivity contribution in [3.8, 4) is 23.0 Å². The van der Waals surface area contributed by atoms with Gasteiger partial charge in [-0.05, 0) is 31.2 Å². The number of methoxy groups -OCH3 is 2. The average molecular weight is 422 g/mol. The molecule has 0 unspecified atom stereocenters. The second kappa shape index (κ2) is 8.48. The van der Waals surface area contributed by atoms with Crippen LogP contribution < -0.4 is 28.6 Å². The SMILES string of the molecule is CCS(=O)(=O)N(CC(=O)Nc1ccc(OC)c(OC)c1)c1ccc2c(c1)OCO2. The lowest BCUT2D eigenvalue weighted by molar-refractivity contribution is -0.114. The number of carbonyl (C=O) groups is 1. The number of hydrogen-bond donors (Lipinski definition) is 1. The van der Waals surface area contributed by atoms with Crippen LogP contribution in [0.5, 0.6) is 23.0 Å². The van der Waals surface area contributed by atoms with E-state index in [-0.39, 0.29) is 12.5 Å². The molecule has 1 aliphatic rings. The van der Waals surface area contributed by atoms with E-state index in [2.05, 4.69) is 5.32 Å². The fraction of sp³-hybridized carbons (Fsp3) is 0.316. The predicted octanol–water partition coefficient (Wildman–Crippen LogP) is 2.23. The Kier molecular flexibility index (Phi) is 6.02. The van der Waals surface area contributed by atoms with Crippen molar-refractivity contribution in [2.24, 2.45) is 0 Å². The number of carbonyl (C=O) groups excluding carboxylic acids is 1. The van der Waals surface area contributed by atoms with Crippen molar-refractivity contribution in [3.05, 3.63) is 36.4 Å². The van der Waals surface area contributed by atoms with Crippen LogP contribution in [0.15, 0.2) is 36.4 Å². The predicted molar refractivity (Wildman–Crippen MR) is 108 cm³/mol. The highest BCUT2D eigenvalue weighted by Gasteiger charge is 2.26. The maximum Gasteiger partial charge on any atom is 0.245 e. The van der Waals surface area contributed by atoms with Gasteiger partial charge in [0, 0.05) is 17.8 Å². The molecule has 156 valence electrons. The minimum Gasteiger partial charge on any atom is -0.493 e. The quantitative estimate of drug-likeness (QED) is 0.696. The van der Waals surface area contributed by atoms with Crippen LogP contribution in [0.3, 0.4) is 0 Å². The van der Waals surface area contributed by atoms with Crippen LogP contribution >= 0.6 is 0 Å². The molecule has 10 heteroatoms. The molecular weight excluding hydrogens is 400 g/mol. The standard InChI is InChI=1S/C19H22N2O7S/c1-4-29(23,24)21(14-6-8-16-18(10-14)28-12-27-16)11-19(22)20-13-5-7-15(25-2)17(9-13)26-3/h5-10H,4,11-12H2,1-3H3,(H,20,22). The normalized spacial score (nSPS) is 12.4. The Morgan fingerprint density at radius 3 is 2.48 bits per heavy atom. The molecule has 0 atom stereocenters. The Hall–Kier alpha value is -3.14. The van der Waals surface area contributed by atoms with Crippen molar-refractivity contribution in [3.63, 3.8) is 0 Å². The third-order valence-corrected chi connectivity index (χ3v) is 6.04. The molecule has 0 aliphatic carbocycles. The minimum absolute atomic E-state index is 0.0686. The highest BCUT2D eigenvalue weighted by Crippen LogP contribution is 2.36. The van der Waals surface area contributed by atoms with Gasteiger partial charge in [-0.2, -0.15) is 0 Å². The summed E-state index contributed by atoms with van der Waals surface area (Å²) < 4.78 is 47.2. The molecule has 1 amide bonds. The molecule has 29 heavy (non-hydrogen) atoms. The van der Waals surface area contributed by atoms with Crippen LogP contribution in [-0.4, -0.2) is 47.6 Å². The first kappa shape index (κ1) is 20.6. The molecule has 0 bridgehead atoms. The molecule has 0 saturated heterocycles. The summed E-state index contributed by atoms with van der Waals surface area (Å²) in [5.74, 6) is 1.24. The van der Waals surface area contributed by atoms with Crippen molar-refractivity contribution in [2.45, 2.75) is 6.92 Å². The van der Waals surface area contributed by atoms with Gasteiger partial charge in [0.1, 0.15) is 6.54 Å². The van der Waals surface area contributed by atoms with Crippen LogP contribution in [0.1, 0.15) is 6.92 Å². The van der Waals surface area contributed by atoms with E-state index in [9.17, 15) is 13.2 Å². The molecule has 1 N–H and O–H groups in total. The number of ether oxygens (including phenoxy) is 4. The van der Waals surface area contributed by atoms with Gasteiger partial charge in [0.25, 0.3) is 0 Å². The van der Waals surface area contributed by atoms with Gasteiger partial charge in [-0.1, -0.05) is 0 Å². The molecule has 2 aromatic carbocycles. The number of anilines is 2. The van der Waals surface area contributed by atoms with Gasteiger partial charge in [-0.25, -0.2) is 8.42 Å². The summed E-state index contributed by atoms with van der Waals surface area (Å²) in [4.78, 5) is 12.6. The van der Waals surface area contributed by atoms with Gasteiger partial charge >= 0.3 is 0 Å². The number of hydrogen-bond acceptors (Lipinski definition) is 7. The summed E-state index contributed by atoms with van der Waals surface area (Å²) >= 11 is 0. The third-order valence-electron chi connectivity index (χ3n) is 4.30. The van der Waals surface area contributed by atoms with Gasteiger partial charge < -0.3 is 24.3 Å². The van der Waals surface area contributed by atoms with Gasteiger partial charge in [0.2, 0.25) is 22.7 Å². The lowest BCUT2D eigenvalue weighted by Crippen LogP contribution is -2.39. The maximum absolute atomic E-state index is 12.6. The van der Waals surface area contributed by atoms with Gasteiger partial charge in [-0.15, -0.1) is 0 Å². The highest BCUT2D eigenvalue weighted by atomic mass is 32.2. The molecule has 3 rings (SSSR count). The number of sulfonamides is 1. The van der Waals surface area contributed by atoms with Crippen molar-refractivity contribution in [2.75, 3.05) is 42.9 Å². The second-order valence-corrected chi connectivity index (χ2v) is 8.24. The molecular formula is C19H22N2O7S. The molecule has 2 aromatic rings. The lowest BCUT2D eigenvalue weighted by atomic mass is 10.2. The summed E-state index contributed by atoms with van der Waals surface area (Å²) in [7, 11) is -0.717. The topological polar surface area (TPSA) is 103 Å². The van der Waals surface area contributed by atoms with Crippen molar-refractivity contribution >= 4 is 27.3 Å². The van der Waals surface area contributed by atoms with E-state index in [4.69, 9.17) is 18.9 Å². The Balaban J connectivity index is 1.82. The zero-order valence-corrected chi connectivity index (χ0v) is 17.1. The Bertz CT molecular complexity index is 1010. The number of amides is 1. The molecule has 9 nitrogen and oxygen atoms in total. The van der Waals surface area contributed by atoms with E-state index in [1.165, 1.54) is 21.1 Å². The number of nitrogens with one attached hydrogen (secondary N) is 1. The Morgan fingerprint density at radius 1 is 1.07 bits per heavy atom. The van der Waals surface area contributed by atoms with Crippen molar-refractivity contribution in [1.82, 2.24) is 0 Å². The molecule has 0 spiro atoms. The number of nitrogens with zero attached hydrogens (tertiary/aromatic N) is 1.